The van der Waals surface area contributed by atoms with Gasteiger partial charge < -0.3 is 14.6 Å². The van der Waals surface area contributed by atoms with E-state index >= 15 is 0 Å². The van der Waals surface area contributed by atoms with Crippen LogP contribution in [0.15, 0.2) is 54.9 Å². The lowest BCUT2D eigenvalue weighted by atomic mass is 10.1. The molecule has 5 nitrogen and oxygen atoms in total. The van der Waals surface area contributed by atoms with Crippen LogP contribution in [0.3, 0.4) is 0 Å². The summed E-state index contributed by atoms with van der Waals surface area (Å²) in [5.74, 6) is -0.419. The maximum absolute atomic E-state index is 12.4. The molecule has 1 N–H and O–H groups in total. The molecule has 122 valence electrons. The van der Waals surface area contributed by atoms with Gasteiger partial charge in [0.25, 0.3) is 11.8 Å². The smallest absolute Gasteiger partial charge is 0.257 e. The summed E-state index contributed by atoms with van der Waals surface area (Å²) in [4.78, 5) is 25.8. The fourth-order valence-corrected chi connectivity index (χ4v) is 2.65. The molecule has 0 atom stereocenters. The molecule has 2 heterocycles. The Morgan fingerprint density at radius 1 is 1.12 bits per heavy atom. The molecule has 24 heavy (non-hydrogen) atoms. The zero-order valence-corrected chi connectivity index (χ0v) is 14.0. The van der Waals surface area contributed by atoms with E-state index in [9.17, 15) is 9.59 Å². The lowest BCUT2D eigenvalue weighted by Gasteiger charge is -2.12. The average Bonchev–Trinajstić information content (AvgIpc) is 2.98. The molecule has 0 aliphatic carbocycles. The summed E-state index contributed by atoms with van der Waals surface area (Å²) in [6, 6.07) is 12.4. The van der Waals surface area contributed by atoms with Crippen LogP contribution in [0, 0.1) is 0 Å². The Labute approximate surface area is 144 Å². The van der Waals surface area contributed by atoms with Crippen LogP contribution in [0.4, 0.5) is 5.69 Å². The van der Waals surface area contributed by atoms with Crippen molar-refractivity contribution in [3.8, 4) is 0 Å². The molecule has 0 bridgehead atoms. The molecule has 2 amide bonds. The van der Waals surface area contributed by atoms with Gasteiger partial charge in [0.2, 0.25) is 0 Å². The highest BCUT2D eigenvalue weighted by Gasteiger charge is 2.14. The van der Waals surface area contributed by atoms with Crippen molar-refractivity contribution in [1.82, 2.24) is 9.30 Å². The molecule has 0 aliphatic rings. The van der Waals surface area contributed by atoms with E-state index in [0.717, 1.165) is 5.52 Å². The van der Waals surface area contributed by atoms with E-state index in [2.05, 4.69) is 5.32 Å². The number of pyridine rings is 1. The molecule has 0 unspecified atom stereocenters. The normalized spacial score (nSPS) is 10.6. The Hall–Kier alpha value is -2.79. The molecule has 3 rings (SSSR count). The van der Waals surface area contributed by atoms with Crippen LogP contribution in [0.25, 0.3) is 5.52 Å². The van der Waals surface area contributed by atoms with Gasteiger partial charge in [0.1, 0.15) is 0 Å². The molecule has 2 aromatic heterocycles. The molecule has 0 radical (unpaired) electrons. The number of amides is 2. The summed E-state index contributed by atoms with van der Waals surface area (Å²) in [6.07, 6.45) is 3.64. The van der Waals surface area contributed by atoms with E-state index < -0.39 is 0 Å². The maximum atomic E-state index is 12.4. The number of carbonyl (C=O) groups is 2. The van der Waals surface area contributed by atoms with Gasteiger partial charge in [0, 0.05) is 37.7 Å². The van der Waals surface area contributed by atoms with Gasteiger partial charge in [-0.3, -0.25) is 9.59 Å². The highest BCUT2D eigenvalue weighted by Crippen LogP contribution is 2.22. The first-order chi connectivity index (χ1) is 11.5. The molecule has 3 aromatic rings. The summed E-state index contributed by atoms with van der Waals surface area (Å²) in [5.41, 5.74) is 2.42. The van der Waals surface area contributed by atoms with Crippen molar-refractivity contribution in [2.75, 3.05) is 19.4 Å². The third-order valence-corrected chi connectivity index (χ3v) is 3.94. The van der Waals surface area contributed by atoms with Crippen LogP contribution >= 0.6 is 11.6 Å². The highest BCUT2D eigenvalue weighted by molar-refractivity contribution is 6.34. The predicted molar refractivity (Wildman–Crippen MR) is 94.8 cm³/mol. The number of aromatic nitrogens is 1. The van der Waals surface area contributed by atoms with Crippen molar-refractivity contribution < 1.29 is 9.59 Å². The van der Waals surface area contributed by atoms with Gasteiger partial charge in [-0.15, -0.1) is 0 Å². The van der Waals surface area contributed by atoms with Crippen molar-refractivity contribution in [2.45, 2.75) is 0 Å². The molecule has 0 saturated heterocycles. The van der Waals surface area contributed by atoms with E-state index in [-0.39, 0.29) is 11.8 Å². The summed E-state index contributed by atoms with van der Waals surface area (Å²) in [6.45, 7) is 0. The van der Waals surface area contributed by atoms with Crippen molar-refractivity contribution in [1.29, 1.82) is 0 Å². The minimum atomic E-state index is -0.235. The van der Waals surface area contributed by atoms with Crippen LogP contribution in [0.1, 0.15) is 20.7 Å². The molecule has 0 aliphatic heterocycles. The van der Waals surface area contributed by atoms with Crippen molar-refractivity contribution in [2.24, 2.45) is 0 Å². The fraction of sp³-hybridized carbons (Fsp3) is 0.111. The number of nitrogens with one attached hydrogen (secondary N) is 1. The fourth-order valence-electron chi connectivity index (χ4n) is 2.39. The Kier molecular flexibility index (Phi) is 4.27. The molecule has 0 fully saturated rings. The number of nitrogens with zero attached hydrogens (tertiary/aromatic N) is 2. The first-order valence-corrected chi connectivity index (χ1v) is 7.73. The van der Waals surface area contributed by atoms with Gasteiger partial charge in [-0.25, -0.2) is 0 Å². The monoisotopic (exact) mass is 341 g/mol. The van der Waals surface area contributed by atoms with Crippen molar-refractivity contribution in [3.05, 3.63) is 71.0 Å². The number of carbonyl (C=O) groups excluding carboxylic acids is 2. The Balaban J connectivity index is 1.81. The average molecular weight is 342 g/mol. The number of fused-ring (bicyclic) bond motifs is 1. The van der Waals surface area contributed by atoms with Gasteiger partial charge in [0.15, 0.2) is 0 Å². The molecular formula is C18H16ClN3O2. The molecule has 0 saturated carbocycles. The number of rotatable bonds is 3. The minimum absolute atomic E-state index is 0.184. The zero-order chi connectivity index (χ0) is 17.3. The number of hydrogen-bond acceptors (Lipinski definition) is 2. The predicted octanol–water partition coefficient (Wildman–Crippen LogP) is 3.55. The van der Waals surface area contributed by atoms with E-state index in [1.165, 1.54) is 4.90 Å². The lowest BCUT2D eigenvalue weighted by Crippen LogP contribution is -2.22. The Bertz CT molecular complexity index is 898. The van der Waals surface area contributed by atoms with Crippen LogP contribution in [-0.4, -0.2) is 35.2 Å². The number of hydrogen-bond donors (Lipinski definition) is 1. The van der Waals surface area contributed by atoms with Gasteiger partial charge in [0.05, 0.1) is 16.1 Å². The second-order valence-corrected chi connectivity index (χ2v) is 6.02. The summed E-state index contributed by atoms with van der Waals surface area (Å²) < 4.78 is 1.88. The van der Waals surface area contributed by atoms with Gasteiger partial charge in [-0.1, -0.05) is 17.7 Å². The summed E-state index contributed by atoms with van der Waals surface area (Å²) in [5, 5.41) is 3.09. The molecule has 6 heteroatoms. The van der Waals surface area contributed by atoms with Gasteiger partial charge >= 0.3 is 0 Å². The van der Waals surface area contributed by atoms with Crippen molar-refractivity contribution >= 4 is 34.6 Å². The maximum Gasteiger partial charge on any atom is 0.257 e. The topological polar surface area (TPSA) is 53.8 Å². The van der Waals surface area contributed by atoms with Crippen LogP contribution in [0.2, 0.25) is 5.02 Å². The molecule has 1 aromatic carbocycles. The van der Waals surface area contributed by atoms with E-state index in [1.807, 2.05) is 28.8 Å². The summed E-state index contributed by atoms with van der Waals surface area (Å²) >= 11 is 6.16. The van der Waals surface area contributed by atoms with Gasteiger partial charge in [-0.05, 0) is 36.4 Å². The van der Waals surface area contributed by atoms with Crippen LogP contribution in [0.5, 0.6) is 0 Å². The molecule has 0 spiro atoms. The number of halogens is 1. The Morgan fingerprint density at radius 2 is 1.92 bits per heavy atom. The number of benzene rings is 1. The lowest BCUT2D eigenvalue weighted by molar-refractivity contribution is 0.0827. The SMILES string of the molecule is CN(C)C(=O)c1ccc(NC(=O)c2cc3ccccn3c2)cc1Cl. The quantitative estimate of drug-likeness (QED) is 0.792. The second-order valence-electron chi connectivity index (χ2n) is 5.61. The highest BCUT2D eigenvalue weighted by atomic mass is 35.5. The van der Waals surface area contributed by atoms with E-state index in [1.54, 1.807) is 44.6 Å². The van der Waals surface area contributed by atoms with Crippen LogP contribution in [-0.2, 0) is 0 Å². The minimum Gasteiger partial charge on any atom is -0.345 e. The molecular weight excluding hydrogens is 326 g/mol. The van der Waals surface area contributed by atoms with E-state index in [0.29, 0.717) is 21.8 Å². The second kappa shape index (κ2) is 6.37. The standard InChI is InChI=1S/C18H16ClN3O2/c1-21(2)18(24)15-7-6-13(10-16(15)19)20-17(23)12-9-14-5-3-4-8-22(14)11-12/h3-11H,1-2H3,(H,20,23). The van der Waals surface area contributed by atoms with Gasteiger partial charge in [-0.2, -0.15) is 0 Å². The summed E-state index contributed by atoms with van der Waals surface area (Å²) in [7, 11) is 3.32. The third-order valence-electron chi connectivity index (χ3n) is 3.63. The first kappa shape index (κ1) is 16.1. The van der Waals surface area contributed by atoms with Crippen LogP contribution < -0.4 is 5.32 Å². The third kappa shape index (κ3) is 3.12. The zero-order valence-electron chi connectivity index (χ0n) is 13.3. The largest absolute Gasteiger partial charge is 0.345 e. The number of anilines is 1. The first-order valence-electron chi connectivity index (χ1n) is 7.35. The van der Waals surface area contributed by atoms with Crippen molar-refractivity contribution in [3.63, 3.8) is 0 Å². The van der Waals surface area contributed by atoms with E-state index in [4.69, 9.17) is 11.6 Å². The Morgan fingerprint density at radius 3 is 2.58 bits per heavy atom.